The number of anilines is 1. The molecule has 2 N–H and O–H groups in total. The monoisotopic (exact) mass is 269 g/mol. The zero-order valence-electron chi connectivity index (χ0n) is 11.0. The molecule has 18 heavy (non-hydrogen) atoms. The molecule has 1 rings (SSSR count). The van der Waals surface area contributed by atoms with Gasteiger partial charge in [-0.1, -0.05) is 0 Å². The molecule has 0 bridgehead atoms. The summed E-state index contributed by atoms with van der Waals surface area (Å²) < 4.78 is 4.99. The van der Waals surface area contributed by atoms with Gasteiger partial charge in [0.05, 0.1) is 24.1 Å². The second kappa shape index (κ2) is 7.23. The van der Waals surface area contributed by atoms with E-state index in [1.807, 2.05) is 14.1 Å². The Kier molecular flexibility index (Phi) is 5.94. The molecular formula is C12H19N3O2S. The minimum atomic E-state index is -0.371. The average molecular weight is 269 g/mol. The first-order chi connectivity index (χ1) is 8.54. The summed E-state index contributed by atoms with van der Waals surface area (Å²) in [6.45, 7) is 3.03. The van der Waals surface area contributed by atoms with E-state index < -0.39 is 0 Å². The molecule has 0 aromatic carbocycles. The minimum Gasteiger partial charge on any atom is -0.462 e. The standard InChI is InChI=1S/C12H19N3O2S/c1-4-17-12(16)10-7-9(13)8-14-11(10)18-6-5-15(2)3/h7-8H,4-6,13H2,1-3H3. The number of carbonyl (C=O) groups is 1. The first-order valence-corrected chi connectivity index (χ1v) is 6.73. The molecule has 1 aromatic heterocycles. The van der Waals surface area contributed by atoms with Crippen molar-refractivity contribution >= 4 is 23.4 Å². The third-order valence-corrected chi connectivity index (χ3v) is 3.13. The van der Waals surface area contributed by atoms with Gasteiger partial charge in [-0.3, -0.25) is 0 Å². The van der Waals surface area contributed by atoms with Gasteiger partial charge in [0.1, 0.15) is 5.03 Å². The lowest BCUT2D eigenvalue weighted by molar-refractivity contribution is 0.0521. The second-order valence-corrected chi connectivity index (χ2v) is 5.08. The number of hydrogen-bond acceptors (Lipinski definition) is 6. The van der Waals surface area contributed by atoms with Gasteiger partial charge in [0.25, 0.3) is 0 Å². The number of nitrogen functional groups attached to an aromatic ring is 1. The van der Waals surface area contributed by atoms with E-state index in [0.29, 0.717) is 22.9 Å². The Morgan fingerprint density at radius 2 is 2.28 bits per heavy atom. The predicted molar refractivity (Wildman–Crippen MR) is 73.9 cm³/mol. The van der Waals surface area contributed by atoms with E-state index in [1.54, 1.807) is 19.2 Å². The zero-order valence-corrected chi connectivity index (χ0v) is 11.8. The number of nitrogens with zero attached hydrogens (tertiary/aromatic N) is 2. The molecule has 0 fully saturated rings. The Morgan fingerprint density at radius 3 is 2.89 bits per heavy atom. The summed E-state index contributed by atoms with van der Waals surface area (Å²) in [5.74, 6) is 0.487. The molecule has 0 aliphatic rings. The Morgan fingerprint density at radius 1 is 1.56 bits per heavy atom. The lowest BCUT2D eigenvalue weighted by atomic mass is 10.3. The normalized spacial score (nSPS) is 10.7. The number of carbonyl (C=O) groups excluding carboxylic acids is 1. The van der Waals surface area contributed by atoms with Gasteiger partial charge in [-0.25, -0.2) is 9.78 Å². The number of hydrogen-bond donors (Lipinski definition) is 1. The fourth-order valence-electron chi connectivity index (χ4n) is 1.26. The number of pyridine rings is 1. The van der Waals surface area contributed by atoms with Gasteiger partial charge in [0.15, 0.2) is 0 Å². The summed E-state index contributed by atoms with van der Waals surface area (Å²) in [7, 11) is 4.01. The SMILES string of the molecule is CCOC(=O)c1cc(N)cnc1SCCN(C)C. The van der Waals surface area contributed by atoms with Gasteiger partial charge in [-0.05, 0) is 27.1 Å². The van der Waals surface area contributed by atoms with Gasteiger partial charge >= 0.3 is 5.97 Å². The van der Waals surface area contributed by atoms with Crippen LogP contribution in [0.3, 0.4) is 0 Å². The fraction of sp³-hybridized carbons (Fsp3) is 0.500. The second-order valence-electron chi connectivity index (χ2n) is 3.99. The number of ether oxygens (including phenoxy) is 1. The number of nitrogens with two attached hydrogens (primary N) is 1. The van der Waals surface area contributed by atoms with Crippen molar-refractivity contribution in [1.82, 2.24) is 9.88 Å². The van der Waals surface area contributed by atoms with Crippen LogP contribution in [0.2, 0.25) is 0 Å². The molecule has 0 aliphatic heterocycles. The summed E-state index contributed by atoms with van der Waals surface area (Å²) >= 11 is 1.53. The van der Waals surface area contributed by atoms with Gasteiger partial charge in [0, 0.05) is 12.3 Å². The molecular weight excluding hydrogens is 250 g/mol. The molecule has 0 radical (unpaired) electrons. The number of esters is 1. The Bertz CT molecular complexity index is 410. The van der Waals surface area contributed by atoms with Crippen molar-refractivity contribution < 1.29 is 9.53 Å². The first kappa shape index (κ1) is 14.8. The van der Waals surface area contributed by atoms with E-state index in [1.165, 1.54) is 11.8 Å². The third kappa shape index (κ3) is 4.54. The molecule has 0 amide bonds. The fourth-order valence-corrected chi connectivity index (χ4v) is 2.34. The molecule has 0 unspecified atom stereocenters. The minimum absolute atomic E-state index is 0.343. The lowest BCUT2D eigenvalue weighted by Gasteiger charge is -2.11. The van der Waals surface area contributed by atoms with Crippen LogP contribution in [0, 0.1) is 0 Å². The number of thioether (sulfide) groups is 1. The van der Waals surface area contributed by atoms with Crippen LogP contribution in [0.4, 0.5) is 5.69 Å². The van der Waals surface area contributed by atoms with Gasteiger partial charge in [-0.2, -0.15) is 0 Å². The van der Waals surface area contributed by atoms with E-state index in [9.17, 15) is 4.79 Å². The summed E-state index contributed by atoms with van der Waals surface area (Å²) in [6.07, 6.45) is 1.56. The van der Waals surface area contributed by atoms with Crippen LogP contribution in [0.25, 0.3) is 0 Å². The zero-order chi connectivity index (χ0) is 13.5. The highest BCUT2D eigenvalue weighted by atomic mass is 32.2. The molecule has 100 valence electrons. The van der Waals surface area contributed by atoms with E-state index >= 15 is 0 Å². The largest absolute Gasteiger partial charge is 0.462 e. The molecule has 5 nitrogen and oxygen atoms in total. The maximum absolute atomic E-state index is 11.8. The number of rotatable bonds is 6. The Hall–Kier alpha value is -1.27. The van der Waals surface area contributed by atoms with Crippen molar-refractivity contribution in [1.29, 1.82) is 0 Å². The summed E-state index contributed by atoms with van der Waals surface area (Å²) in [5.41, 5.74) is 6.56. The molecule has 0 aliphatic carbocycles. The molecule has 0 atom stereocenters. The van der Waals surface area contributed by atoms with Crippen molar-refractivity contribution in [3.63, 3.8) is 0 Å². The van der Waals surface area contributed by atoms with E-state index in [2.05, 4.69) is 9.88 Å². The molecule has 1 aromatic rings. The third-order valence-electron chi connectivity index (χ3n) is 2.14. The van der Waals surface area contributed by atoms with Gasteiger partial charge in [-0.15, -0.1) is 11.8 Å². The highest BCUT2D eigenvalue weighted by Crippen LogP contribution is 2.22. The van der Waals surface area contributed by atoms with Gasteiger partial charge < -0.3 is 15.4 Å². The van der Waals surface area contributed by atoms with Crippen LogP contribution in [0.15, 0.2) is 17.3 Å². The lowest BCUT2D eigenvalue weighted by Crippen LogP contribution is -2.15. The van der Waals surface area contributed by atoms with Crippen LogP contribution >= 0.6 is 11.8 Å². The van der Waals surface area contributed by atoms with Crippen molar-refractivity contribution in [3.05, 3.63) is 17.8 Å². The Labute approximate surface area is 112 Å². The van der Waals surface area contributed by atoms with Crippen LogP contribution in [0.1, 0.15) is 17.3 Å². The molecule has 6 heteroatoms. The van der Waals surface area contributed by atoms with Crippen molar-refractivity contribution in [2.24, 2.45) is 0 Å². The molecule has 0 saturated carbocycles. The van der Waals surface area contributed by atoms with E-state index in [-0.39, 0.29) is 5.97 Å². The topological polar surface area (TPSA) is 68.5 Å². The van der Waals surface area contributed by atoms with Crippen LogP contribution in [0.5, 0.6) is 0 Å². The van der Waals surface area contributed by atoms with Crippen molar-refractivity contribution in [2.75, 3.05) is 38.7 Å². The van der Waals surface area contributed by atoms with Crippen molar-refractivity contribution in [3.8, 4) is 0 Å². The van der Waals surface area contributed by atoms with Crippen LogP contribution in [-0.4, -0.2) is 48.9 Å². The quantitative estimate of drug-likeness (QED) is 0.623. The maximum atomic E-state index is 11.8. The smallest absolute Gasteiger partial charge is 0.340 e. The summed E-state index contributed by atoms with van der Waals surface area (Å²) in [6, 6.07) is 1.61. The summed E-state index contributed by atoms with van der Waals surface area (Å²) in [4.78, 5) is 18.0. The summed E-state index contributed by atoms with van der Waals surface area (Å²) in [5, 5.41) is 0.671. The van der Waals surface area contributed by atoms with E-state index in [0.717, 1.165) is 12.3 Å². The highest BCUT2D eigenvalue weighted by molar-refractivity contribution is 7.99. The maximum Gasteiger partial charge on any atom is 0.340 e. The van der Waals surface area contributed by atoms with Crippen LogP contribution < -0.4 is 5.73 Å². The molecule has 1 heterocycles. The first-order valence-electron chi connectivity index (χ1n) is 5.74. The average Bonchev–Trinajstić information content (AvgIpc) is 2.31. The van der Waals surface area contributed by atoms with E-state index in [4.69, 9.17) is 10.5 Å². The van der Waals surface area contributed by atoms with Crippen molar-refractivity contribution in [2.45, 2.75) is 11.9 Å². The van der Waals surface area contributed by atoms with Crippen LogP contribution in [-0.2, 0) is 4.74 Å². The highest BCUT2D eigenvalue weighted by Gasteiger charge is 2.14. The number of aromatic nitrogens is 1. The van der Waals surface area contributed by atoms with Gasteiger partial charge in [0.2, 0.25) is 0 Å². The molecule has 0 spiro atoms. The Balaban J connectivity index is 2.79. The molecule has 0 saturated heterocycles. The predicted octanol–water partition coefficient (Wildman–Crippen LogP) is 1.49.